The van der Waals surface area contributed by atoms with Gasteiger partial charge in [-0.2, -0.15) is 0 Å². The number of aliphatic carboxylic acids is 1. The van der Waals surface area contributed by atoms with Crippen molar-refractivity contribution in [2.45, 2.75) is 6.04 Å². The number of amides is 1. The number of halogens is 2. The van der Waals surface area contributed by atoms with Gasteiger partial charge >= 0.3 is 5.97 Å². The van der Waals surface area contributed by atoms with Gasteiger partial charge in [0, 0.05) is 4.47 Å². The van der Waals surface area contributed by atoms with E-state index in [4.69, 9.17) is 9.84 Å². The van der Waals surface area contributed by atoms with Gasteiger partial charge in [0.15, 0.2) is 0 Å². The lowest BCUT2D eigenvalue weighted by atomic mass is 10.0. The molecule has 0 radical (unpaired) electrons. The molecule has 2 N–H and O–H groups in total. The van der Waals surface area contributed by atoms with Crippen molar-refractivity contribution in [3.63, 3.8) is 0 Å². The van der Waals surface area contributed by atoms with Gasteiger partial charge < -0.3 is 15.2 Å². The molecule has 1 aromatic rings. The lowest BCUT2D eigenvalue weighted by molar-refractivity contribution is -0.142. The van der Waals surface area contributed by atoms with E-state index in [1.807, 2.05) is 0 Å². The van der Waals surface area contributed by atoms with Crippen LogP contribution in [0.3, 0.4) is 0 Å². The van der Waals surface area contributed by atoms with Gasteiger partial charge in [-0.15, -0.1) is 0 Å². The molecule has 2 unspecified atom stereocenters. The molecule has 0 aromatic heterocycles. The average Bonchev–Trinajstić information content (AvgIpc) is 2.76. The molecule has 19 heavy (non-hydrogen) atoms. The molecular weight excluding hydrogens is 321 g/mol. The second kappa shape index (κ2) is 5.66. The Morgan fingerprint density at radius 2 is 2.16 bits per heavy atom. The van der Waals surface area contributed by atoms with E-state index in [9.17, 15) is 14.0 Å². The fourth-order valence-electron chi connectivity index (χ4n) is 1.90. The van der Waals surface area contributed by atoms with Gasteiger partial charge in [0.2, 0.25) is 0 Å². The Morgan fingerprint density at radius 1 is 1.42 bits per heavy atom. The predicted molar refractivity (Wildman–Crippen MR) is 67.3 cm³/mol. The molecule has 1 aromatic carbocycles. The van der Waals surface area contributed by atoms with Crippen LogP contribution >= 0.6 is 15.9 Å². The maximum absolute atomic E-state index is 13.6. The quantitative estimate of drug-likeness (QED) is 0.878. The zero-order valence-electron chi connectivity index (χ0n) is 9.73. The second-order valence-electron chi connectivity index (χ2n) is 4.16. The molecule has 0 bridgehead atoms. The fourth-order valence-corrected chi connectivity index (χ4v) is 2.42. The normalized spacial score (nSPS) is 22.2. The molecule has 2 atom stereocenters. The van der Waals surface area contributed by atoms with Gasteiger partial charge in [-0.1, -0.05) is 6.07 Å². The number of rotatable bonds is 3. The number of hydrogen-bond donors (Lipinski definition) is 2. The van der Waals surface area contributed by atoms with Crippen LogP contribution in [-0.2, 0) is 9.53 Å². The van der Waals surface area contributed by atoms with Crippen LogP contribution in [0.15, 0.2) is 22.7 Å². The Kier molecular flexibility index (Phi) is 4.16. The highest BCUT2D eigenvalue weighted by Crippen LogP contribution is 2.21. The fraction of sp³-hybridized carbons (Fsp3) is 0.333. The Bertz CT molecular complexity index is 502. The van der Waals surface area contributed by atoms with Crippen molar-refractivity contribution in [3.8, 4) is 0 Å². The number of benzene rings is 1. The summed E-state index contributed by atoms with van der Waals surface area (Å²) in [5, 5.41) is 11.5. The first kappa shape index (κ1) is 14.0. The molecule has 1 fully saturated rings. The Morgan fingerprint density at radius 3 is 2.79 bits per heavy atom. The number of carbonyl (C=O) groups excluding carboxylic acids is 1. The Labute approximate surface area is 116 Å². The van der Waals surface area contributed by atoms with Gasteiger partial charge in [0.05, 0.1) is 24.8 Å². The topological polar surface area (TPSA) is 75.6 Å². The molecule has 1 aliphatic heterocycles. The summed E-state index contributed by atoms with van der Waals surface area (Å²) in [6.45, 7) is 0.146. The number of ether oxygens (including phenoxy) is 1. The van der Waals surface area contributed by atoms with Crippen LogP contribution in [-0.4, -0.2) is 36.2 Å². The monoisotopic (exact) mass is 331 g/mol. The number of carboxylic acid groups (broad SMARTS) is 1. The van der Waals surface area contributed by atoms with Gasteiger partial charge in [-0.3, -0.25) is 9.59 Å². The van der Waals surface area contributed by atoms with E-state index in [1.165, 1.54) is 18.2 Å². The molecule has 1 amide bonds. The Balaban J connectivity index is 2.15. The summed E-state index contributed by atoms with van der Waals surface area (Å²) in [5.41, 5.74) is -0.140. The minimum absolute atomic E-state index is 0.0404. The van der Waals surface area contributed by atoms with Crippen LogP contribution in [0, 0.1) is 11.7 Å². The summed E-state index contributed by atoms with van der Waals surface area (Å²) in [5.74, 6) is -3.19. The van der Waals surface area contributed by atoms with Gasteiger partial charge in [0.1, 0.15) is 11.7 Å². The average molecular weight is 332 g/mol. The third-order valence-electron chi connectivity index (χ3n) is 2.90. The Hall–Kier alpha value is -1.47. The van der Waals surface area contributed by atoms with Gasteiger partial charge in [0.25, 0.3) is 5.91 Å². The van der Waals surface area contributed by atoms with Crippen LogP contribution < -0.4 is 5.32 Å². The zero-order chi connectivity index (χ0) is 14.0. The minimum atomic E-state index is -1.05. The van der Waals surface area contributed by atoms with Crippen molar-refractivity contribution in [1.82, 2.24) is 5.32 Å². The lowest BCUT2D eigenvalue weighted by Crippen LogP contribution is -2.43. The number of hydrogen-bond acceptors (Lipinski definition) is 3. The molecule has 1 aliphatic rings. The minimum Gasteiger partial charge on any atom is -0.481 e. The number of nitrogens with one attached hydrogen (secondary N) is 1. The molecule has 7 heteroatoms. The van der Waals surface area contributed by atoms with Crippen molar-refractivity contribution in [2.24, 2.45) is 5.92 Å². The molecule has 2 rings (SSSR count). The van der Waals surface area contributed by atoms with Crippen LogP contribution in [0.1, 0.15) is 10.4 Å². The maximum Gasteiger partial charge on any atom is 0.311 e. The third kappa shape index (κ3) is 2.93. The standard InChI is InChI=1S/C12H11BrFNO4/c13-7-2-1-3-8(14)10(7)11(16)15-9-5-19-4-6(9)12(17)18/h1-3,6,9H,4-5H2,(H,15,16)(H,17,18). The molecule has 0 spiro atoms. The van der Waals surface area contributed by atoms with Crippen molar-refractivity contribution in [3.05, 3.63) is 34.1 Å². The third-order valence-corrected chi connectivity index (χ3v) is 3.56. The molecule has 0 aliphatic carbocycles. The van der Waals surface area contributed by atoms with Crippen LogP contribution in [0.5, 0.6) is 0 Å². The van der Waals surface area contributed by atoms with Crippen molar-refractivity contribution >= 4 is 27.8 Å². The summed E-state index contributed by atoms with van der Waals surface area (Å²) in [7, 11) is 0. The molecule has 102 valence electrons. The molecular formula is C12H11BrFNO4. The van der Waals surface area contributed by atoms with Crippen LogP contribution in [0.4, 0.5) is 4.39 Å². The highest BCUT2D eigenvalue weighted by atomic mass is 79.9. The predicted octanol–water partition coefficient (Wildman–Crippen LogP) is 1.42. The number of carbonyl (C=O) groups is 2. The first-order chi connectivity index (χ1) is 9.00. The molecule has 1 saturated heterocycles. The van der Waals surface area contributed by atoms with E-state index in [-0.39, 0.29) is 18.8 Å². The van der Waals surface area contributed by atoms with Crippen LogP contribution in [0.2, 0.25) is 0 Å². The van der Waals surface area contributed by atoms with E-state index in [2.05, 4.69) is 21.2 Å². The summed E-state index contributed by atoms with van der Waals surface area (Å²) in [6, 6.07) is 3.52. The van der Waals surface area contributed by atoms with E-state index >= 15 is 0 Å². The summed E-state index contributed by atoms with van der Waals surface area (Å²) >= 11 is 3.09. The summed E-state index contributed by atoms with van der Waals surface area (Å²) in [6.07, 6.45) is 0. The first-order valence-corrected chi connectivity index (χ1v) is 6.35. The van der Waals surface area contributed by atoms with Gasteiger partial charge in [-0.25, -0.2) is 4.39 Å². The summed E-state index contributed by atoms with van der Waals surface area (Å²) < 4.78 is 18.9. The molecule has 1 heterocycles. The van der Waals surface area contributed by atoms with Crippen LogP contribution in [0.25, 0.3) is 0 Å². The zero-order valence-corrected chi connectivity index (χ0v) is 11.3. The SMILES string of the molecule is O=C(NC1COCC1C(=O)O)c1c(F)cccc1Br. The lowest BCUT2D eigenvalue weighted by Gasteiger charge is -2.16. The largest absolute Gasteiger partial charge is 0.481 e. The van der Waals surface area contributed by atoms with E-state index < -0.39 is 29.7 Å². The second-order valence-corrected chi connectivity index (χ2v) is 5.01. The van der Waals surface area contributed by atoms with Crippen molar-refractivity contribution < 1.29 is 23.8 Å². The maximum atomic E-state index is 13.6. The highest BCUT2D eigenvalue weighted by molar-refractivity contribution is 9.10. The molecule has 5 nitrogen and oxygen atoms in total. The molecule has 0 saturated carbocycles. The summed E-state index contributed by atoms with van der Waals surface area (Å²) in [4.78, 5) is 22.9. The highest BCUT2D eigenvalue weighted by Gasteiger charge is 2.35. The van der Waals surface area contributed by atoms with E-state index in [1.54, 1.807) is 0 Å². The van der Waals surface area contributed by atoms with Crippen molar-refractivity contribution in [1.29, 1.82) is 0 Å². The van der Waals surface area contributed by atoms with Gasteiger partial charge in [-0.05, 0) is 28.1 Å². The van der Waals surface area contributed by atoms with E-state index in [0.29, 0.717) is 4.47 Å². The number of carboxylic acids is 1. The first-order valence-electron chi connectivity index (χ1n) is 5.56. The van der Waals surface area contributed by atoms with E-state index in [0.717, 1.165) is 0 Å². The van der Waals surface area contributed by atoms with Crippen molar-refractivity contribution in [2.75, 3.05) is 13.2 Å². The smallest absolute Gasteiger partial charge is 0.311 e.